The highest BCUT2D eigenvalue weighted by atomic mass is 16.5. The van der Waals surface area contributed by atoms with E-state index in [0.717, 1.165) is 0 Å². The lowest BCUT2D eigenvalue weighted by atomic mass is 9.86. The van der Waals surface area contributed by atoms with Crippen molar-refractivity contribution in [3.8, 4) is 5.75 Å². The second-order valence-corrected chi connectivity index (χ2v) is 5.45. The number of aliphatic hydroxyl groups excluding tert-OH is 1. The number of hydrogen-bond donors (Lipinski definition) is 1. The number of rotatable bonds is 1. The van der Waals surface area contributed by atoms with Crippen LogP contribution in [0.4, 0.5) is 0 Å². The summed E-state index contributed by atoms with van der Waals surface area (Å²) in [6, 6.07) is 5.49. The lowest BCUT2D eigenvalue weighted by molar-refractivity contribution is -0.0567. The van der Waals surface area contributed by atoms with Gasteiger partial charge in [-0.2, -0.15) is 0 Å². The van der Waals surface area contributed by atoms with Gasteiger partial charge in [0.2, 0.25) is 0 Å². The van der Waals surface area contributed by atoms with E-state index in [9.17, 15) is 9.90 Å². The molecule has 0 bridgehead atoms. The molecule has 0 unspecified atom stereocenters. The highest BCUT2D eigenvalue weighted by Crippen LogP contribution is 2.44. The summed E-state index contributed by atoms with van der Waals surface area (Å²) in [6.45, 7) is 3.40. The van der Waals surface area contributed by atoms with E-state index in [-0.39, 0.29) is 5.58 Å². The molecular formula is C14H13N3O4. The average Bonchev–Trinajstić information content (AvgIpc) is 2.43. The average molecular weight is 287 g/mol. The molecule has 1 aromatic carbocycles. The van der Waals surface area contributed by atoms with Gasteiger partial charge in [-0.3, -0.25) is 0 Å². The Morgan fingerprint density at radius 1 is 1.33 bits per heavy atom. The number of nitrogens with zero attached hydrogens (tertiary/aromatic N) is 3. The minimum atomic E-state index is -1.06. The van der Waals surface area contributed by atoms with Gasteiger partial charge in [0.15, 0.2) is 0 Å². The van der Waals surface area contributed by atoms with Gasteiger partial charge in [-0.15, -0.1) is 0 Å². The zero-order valence-corrected chi connectivity index (χ0v) is 11.5. The number of aliphatic hydroxyl groups is 1. The Bertz CT molecular complexity index is 821. The molecule has 1 N–H and O–H groups in total. The van der Waals surface area contributed by atoms with Gasteiger partial charge >= 0.3 is 5.63 Å². The Morgan fingerprint density at radius 3 is 2.76 bits per heavy atom. The van der Waals surface area contributed by atoms with Gasteiger partial charge < -0.3 is 14.3 Å². The first kappa shape index (κ1) is 13.5. The van der Waals surface area contributed by atoms with Crippen molar-refractivity contribution in [1.82, 2.24) is 0 Å². The largest absolute Gasteiger partial charge is 0.485 e. The lowest BCUT2D eigenvalue weighted by Crippen LogP contribution is -2.48. The topological polar surface area (TPSA) is 108 Å². The van der Waals surface area contributed by atoms with Crippen LogP contribution in [0.15, 0.2) is 38.6 Å². The van der Waals surface area contributed by atoms with Gasteiger partial charge in [0.1, 0.15) is 23.0 Å². The molecule has 0 spiro atoms. The summed E-state index contributed by atoms with van der Waals surface area (Å²) in [4.78, 5) is 14.3. The maximum Gasteiger partial charge on any atom is 0.336 e. The number of benzene rings is 1. The third kappa shape index (κ3) is 2.03. The molecule has 3 rings (SSSR count). The molecule has 0 fully saturated rings. The van der Waals surface area contributed by atoms with Crippen LogP contribution in [-0.2, 0) is 0 Å². The van der Waals surface area contributed by atoms with E-state index >= 15 is 0 Å². The van der Waals surface area contributed by atoms with Crippen LogP contribution in [0.1, 0.15) is 25.5 Å². The lowest BCUT2D eigenvalue weighted by Gasteiger charge is -2.40. The van der Waals surface area contributed by atoms with Gasteiger partial charge in [0.25, 0.3) is 0 Å². The first-order valence-electron chi connectivity index (χ1n) is 6.42. The van der Waals surface area contributed by atoms with Crippen molar-refractivity contribution in [1.29, 1.82) is 0 Å². The first-order chi connectivity index (χ1) is 9.94. The molecule has 0 saturated heterocycles. The van der Waals surface area contributed by atoms with Crippen molar-refractivity contribution in [2.45, 2.75) is 31.6 Å². The van der Waals surface area contributed by atoms with Crippen LogP contribution in [0, 0.1) is 0 Å². The maximum atomic E-state index is 11.5. The smallest absolute Gasteiger partial charge is 0.336 e. The molecule has 1 aliphatic heterocycles. The summed E-state index contributed by atoms with van der Waals surface area (Å²) >= 11 is 0. The fourth-order valence-corrected chi connectivity index (χ4v) is 2.56. The standard InChI is InChI=1S/C14H13N3O4/c1-14(2)13(19)11(16-17-15)10-8(21-14)5-3-7-4-6-9(18)20-12(7)10/h3-6,11,13,19H,1-2H3/t11-,13-/m0/s1. The molecule has 2 atom stereocenters. The summed E-state index contributed by atoms with van der Waals surface area (Å²) in [7, 11) is 0. The maximum absolute atomic E-state index is 11.5. The number of azide groups is 1. The second kappa shape index (κ2) is 4.51. The third-order valence-electron chi connectivity index (χ3n) is 3.64. The predicted molar refractivity (Wildman–Crippen MR) is 75.1 cm³/mol. The zero-order chi connectivity index (χ0) is 15.2. The van der Waals surface area contributed by atoms with Crippen molar-refractivity contribution >= 4 is 11.0 Å². The van der Waals surface area contributed by atoms with Crippen LogP contribution in [0.3, 0.4) is 0 Å². The van der Waals surface area contributed by atoms with Gasteiger partial charge in [-0.05, 0) is 37.6 Å². The molecule has 2 heterocycles. The van der Waals surface area contributed by atoms with E-state index < -0.39 is 23.4 Å². The molecule has 7 nitrogen and oxygen atoms in total. The van der Waals surface area contributed by atoms with Crippen LogP contribution in [0.2, 0.25) is 0 Å². The van der Waals surface area contributed by atoms with Gasteiger partial charge in [0, 0.05) is 21.9 Å². The van der Waals surface area contributed by atoms with Crippen LogP contribution < -0.4 is 10.4 Å². The SMILES string of the molecule is CC1(C)Oc2ccc3ccc(=O)oc3c2[C@H](N=[N+]=[N-])[C@@H]1O. The Kier molecular flexibility index (Phi) is 2.90. The normalized spacial score (nSPS) is 23.0. The summed E-state index contributed by atoms with van der Waals surface area (Å²) in [5.74, 6) is 0.435. The van der Waals surface area contributed by atoms with Crippen molar-refractivity contribution in [3.05, 3.63) is 50.7 Å². The quantitative estimate of drug-likeness (QED) is 0.376. The highest BCUT2D eigenvalue weighted by molar-refractivity contribution is 5.83. The van der Waals surface area contributed by atoms with E-state index in [4.69, 9.17) is 14.7 Å². The molecule has 1 aliphatic rings. The molecule has 1 aromatic heterocycles. The van der Waals surface area contributed by atoms with E-state index in [1.807, 2.05) is 0 Å². The minimum absolute atomic E-state index is 0.270. The van der Waals surface area contributed by atoms with Crippen LogP contribution in [0.5, 0.6) is 5.75 Å². The zero-order valence-electron chi connectivity index (χ0n) is 11.5. The molecule has 0 aliphatic carbocycles. The molecular weight excluding hydrogens is 274 g/mol. The first-order valence-corrected chi connectivity index (χ1v) is 6.42. The molecule has 7 heteroatoms. The Balaban J connectivity index is 2.38. The van der Waals surface area contributed by atoms with Gasteiger partial charge in [-0.1, -0.05) is 5.11 Å². The number of ether oxygens (including phenoxy) is 1. The van der Waals surface area contributed by atoms with Crippen molar-refractivity contribution in [3.63, 3.8) is 0 Å². The fraction of sp³-hybridized carbons (Fsp3) is 0.357. The predicted octanol–water partition coefficient (Wildman–Crippen LogP) is 2.68. The fourth-order valence-electron chi connectivity index (χ4n) is 2.56. The highest BCUT2D eigenvalue weighted by Gasteiger charge is 2.44. The van der Waals surface area contributed by atoms with Gasteiger partial charge in [0.05, 0.1) is 6.04 Å². The van der Waals surface area contributed by atoms with Crippen molar-refractivity contribution in [2.24, 2.45) is 5.11 Å². The summed E-state index contributed by atoms with van der Waals surface area (Å²) in [6.07, 6.45) is -1.06. The van der Waals surface area contributed by atoms with Crippen LogP contribution in [0.25, 0.3) is 21.4 Å². The van der Waals surface area contributed by atoms with Crippen molar-refractivity contribution in [2.75, 3.05) is 0 Å². The molecule has 0 radical (unpaired) electrons. The molecule has 2 aromatic rings. The number of hydrogen-bond acceptors (Lipinski definition) is 5. The molecule has 0 amide bonds. The molecule has 0 saturated carbocycles. The second-order valence-electron chi connectivity index (χ2n) is 5.45. The van der Waals surface area contributed by atoms with E-state index in [1.54, 1.807) is 32.0 Å². The van der Waals surface area contributed by atoms with E-state index in [1.165, 1.54) is 6.07 Å². The molecule has 21 heavy (non-hydrogen) atoms. The Hall–Kier alpha value is -2.50. The third-order valence-corrected chi connectivity index (χ3v) is 3.64. The Morgan fingerprint density at radius 2 is 2.05 bits per heavy atom. The van der Waals surface area contributed by atoms with E-state index in [2.05, 4.69) is 10.0 Å². The summed E-state index contributed by atoms with van der Waals surface area (Å²) in [5, 5.41) is 14.7. The molecule has 108 valence electrons. The van der Waals surface area contributed by atoms with Crippen LogP contribution in [-0.4, -0.2) is 16.8 Å². The van der Waals surface area contributed by atoms with Crippen LogP contribution >= 0.6 is 0 Å². The van der Waals surface area contributed by atoms with Gasteiger partial charge in [-0.25, -0.2) is 4.79 Å². The van der Waals surface area contributed by atoms with E-state index in [0.29, 0.717) is 16.7 Å². The number of fused-ring (bicyclic) bond motifs is 3. The summed E-state index contributed by atoms with van der Waals surface area (Å²) < 4.78 is 11.0. The minimum Gasteiger partial charge on any atom is -0.485 e. The summed E-state index contributed by atoms with van der Waals surface area (Å²) in [5.41, 5.74) is 8.00. The monoisotopic (exact) mass is 287 g/mol. The Labute approximate surface area is 119 Å². The van der Waals surface area contributed by atoms with Crippen molar-refractivity contribution < 1.29 is 14.3 Å².